The molecule has 0 aromatic rings. The van der Waals surface area contributed by atoms with Crippen LogP contribution in [-0.2, 0) is 14.8 Å². The number of guanidine groups is 1. The molecule has 1 saturated heterocycles. The van der Waals surface area contributed by atoms with Crippen LogP contribution in [-0.4, -0.2) is 59.0 Å². The average molecular weight is 531 g/mol. The third kappa shape index (κ3) is 10.1. The van der Waals surface area contributed by atoms with Gasteiger partial charge in [-0.15, -0.1) is 24.0 Å². The zero-order valence-electron chi connectivity index (χ0n) is 17.4. The van der Waals surface area contributed by atoms with Crippen LogP contribution in [0.1, 0.15) is 64.7 Å². The van der Waals surface area contributed by atoms with E-state index in [9.17, 15) is 8.42 Å². The second-order valence-corrected chi connectivity index (χ2v) is 9.73. The van der Waals surface area contributed by atoms with Crippen LogP contribution in [0.25, 0.3) is 0 Å². The number of nitrogens with zero attached hydrogens (tertiary/aromatic N) is 1. The summed E-state index contributed by atoms with van der Waals surface area (Å²) < 4.78 is 32.6. The van der Waals surface area contributed by atoms with Crippen molar-refractivity contribution >= 4 is 40.0 Å². The number of ether oxygens (including phenoxy) is 1. The minimum Gasteiger partial charge on any atom is -0.377 e. The lowest BCUT2D eigenvalue weighted by Gasteiger charge is -2.30. The molecule has 9 heteroatoms. The highest BCUT2D eigenvalue weighted by Gasteiger charge is 2.21. The lowest BCUT2D eigenvalue weighted by atomic mass is 9.83. The minimum absolute atomic E-state index is 0. The third-order valence-electron chi connectivity index (χ3n) is 5.58. The fourth-order valence-corrected chi connectivity index (χ4v) is 4.91. The first-order valence-corrected chi connectivity index (χ1v) is 12.2. The number of halogens is 1. The van der Waals surface area contributed by atoms with Gasteiger partial charge in [-0.25, -0.2) is 13.1 Å². The molecule has 2 aliphatic rings. The maximum Gasteiger partial charge on any atom is 0.213 e. The van der Waals surface area contributed by atoms with Crippen molar-refractivity contribution in [3.05, 3.63) is 0 Å². The first-order chi connectivity index (χ1) is 13.0. The smallest absolute Gasteiger partial charge is 0.213 e. The standard InChI is InChI=1S/C19H38N4O3S.HI/c1-3-6-16-8-10-17(11-9-16)23-19(20-2)21-12-14-27(24,25)22-15-18-7-4-5-13-26-18;/h16-18,22H,3-15H2,1-2H3,(H2,20,21,23);1H. The first-order valence-electron chi connectivity index (χ1n) is 10.6. The molecule has 1 atom stereocenters. The van der Waals surface area contributed by atoms with Gasteiger partial charge < -0.3 is 15.4 Å². The second-order valence-electron chi connectivity index (χ2n) is 7.81. The number of hydrogen-bond donors (Lipinski definition) is 3. The highest BCUT2D eigenvalue weighted by atomic mass is 127. The van der Waals surface area contributed by atoms with Gasteiger partial charge >= 0.3 is 0 Å². The van der Waals surface area contributed by atoms with Crippen LogP contribution in [0.4, 0.5) is 0 Å². The maximum atomic E-state index is 12.2. The van der Waals surface area contributed by atoms with Crippen LogP contribution < -0.4 is 15.4 Å². The van der Waals surface area contributed by atoms with Gasteiger partial charge in [0.15, 0.2) is 5.96 Å². The highest BCUT2D eigenvalue weighted by molar-refractivity contribution is 14.0. The first kappa shape index (κ1) is 25.9. The number of nitrogens with one attached hydrogen (secondary N) is 3. The largest absolute Gasteiger partial charge is 0.377 e. The number of hydrogen-bond acceptors (Lipinski definition) is 4. The van der Waals surface area contributed by atoms with Crippen molar-refractivity contribution in [1.82, 2.24) is 15.4 Å². The van der Waals surface area contributed by atoms with E-state index in [2.05, 4.69) is 27.3 Å². The number of rotatable bonds is 9. The van der Waals surface area contributed by atoms with Gasteiger partial charge in [0.25, 0.3) is 0 Å². The van der Waals surface area contributed by atoms with Gasteiger partial charge in [0.2, 0.25) is 10.0 Å². The summed E-state index contributed by atoms with van der Waals surface area (Å²) in [7, 11) is -1.58. The van der Waals surface area contributed by atoms with Crippen molar-refractivity contribution in [2.45, 2.75) is 76.9 Å². The molecule has 1 heterocycles. The third-order valence-corrected chi connectivity index (χ3v) is 6.92. The van der Waals surface area contributed by atoms with Gasteiger partial charge in [-0.05, 0) is 50.9 Å². The van der Waals surface area contributed by atoms with Crippen molar-refractivity contribution in [2.75, 3.05) is 32.5 Å². The summed E-state index contributed by atoms with van der Waals surface area (Å²) in [5, 5.41) is 6.58. The van der Waals surface area contributed by atoms with Crippen molar-refractivity contribution in [1.29, 1.82) is 0 Å². The van der Waals surface area contributed by atoms with E-state index in [1.54, 1.807) is 7.05 Å². The molecular weight excluding hydrogens is 491 g/mol. The van der Waals surface area contributed by atoms with E-state index in [4.69, 9.17) is 4.74 Å². The molecule has 28 heavy (non-hydrogen) atoms. The Morgan fingerprint density at radius 2 is 1.89 bits per heavy atom. The summed E-state index contributed by atoms with van der Waals surface area (Å²) in [5.74, 6) is 1.59. The lowest BCUT2D eigenvalue weighted by Crippen LogP contribution is -2.46. The van der Waals surface area contributed by atoms with Crippen LogP contribution in [0.3, 0.4) is 0 Å². The minimum atomic E-state index is -3.31. The summed E-state index contributed by atoms with van der Waals surface area (Å²) in [5.41, 5.74) is 0. The Hall–Kier alpha value is -0.130. The summed E-state index contributed by atoms with van der Waals surface area (Å²) in [6.45, 7) is 3.69. The van der Waals surface area contributed by atoms with E-state index in [0.717, 1.165) is 44.6 Å². The number of aliphatic imine (C=N–C) groups is 1. The molecule has 0 aromatic carbocycles. The predicted molar refractivity (Wildman–Crippen MR) is 126 cm³/mol. The van der Waals surface area contributed by atoms with Crippen molar-refractivity contribution in [3.8, 4) is 0 Å². The molecule has 166 valence electrons. The fraction of sp³-hybridized carbons (Fsp3) is 0.947. The van der Waals surface area contributed by atoms with Crippen LogP contribution in [0.5, 0.6) is 0 Å². The van der Waals surface area contributed by atoms with Crippen LogP contribution in [0.2, 0.25) is 0 Å². The number of sulfonamides is 1. The molecule has 1 saturated carbocycles. The highest BCUT2D eigenvalue weighted by Crippen LogP contribution is 2.27. The Kier molecular flexibility index (Phi) is 12.9. The van der Waals surface area contributed by atoms with E-state index in [0.29, 0.717) is 25.1 Å². The molecule has 0 spiro atoms. The normalized spacial score (nSPS) is 26.4. The van der Waals surface area contributed by atoms with Crippen molar-refractivity contribution in [2.24, 2.45) is 10.9 Å². The lowest BCUT2D eigenvalue weighted by molar-refractivity contribution is 0.0200. The van der Waals surface area contributed by atoms with Gasteiger partial charge in [0.05, 0.1) is 11.9 Å². The predicted octanol–water partition coefficient (Wildman–Crippen LogP) is 2.62. The van der Waals surface area contributed by atoms with E-state index in [1.807, 2.05) is 0 Å². The molecule has 2 fully saturated rings. The quantitative estimate of drug-likeness (QED) is 0.242. The van der Waals surface area contributed by atoms with Gasteiger partial charge in [0, 0.05) is 32.8 Å². The zero-order chi connectivity index (χ0) is 19.5. The Balaban J connectivity index is 0.00000392. The zero-order valence-corrected chi connectivity index (χ0v) is 20.6. The molecule has 0 amide bonds. The van der Waals surface area contributed by atoms with Gasteiger partial charge in [0.1, 0.15) is 0 Å². The summed E-state index contributed by atoms with van der Waals surface area (Å²) in [6.07, 6.45) is 10.6. The Labute approximate surface area is 188 Å². The van der Waals surface area contributed by atoms with Crippen molar-refractivity contribution in [3.63, 3.8) is 0 Å². The SMILES string of the molecule is CCCC1CCC(NC(=NC)NCCS(=O)(=O)NCC2CCCCO2)CC1.I. The molecule has 0 radical (unpaired) electrons. The fourth-order valence-electron chi connectivity index (χ4n) is 3.96. The second kappa shape index (κ2) is 14.0. The molecule has 0 bridgehead atoms. The molecule has 1 aliphatic carbocycles. The Morgan fingerprint density at radius 3 is 2.50 bits per heavy atom. The average Bonchev–Trinajstić information content (AvgIpc) is 2.68. The van der Waals surface area contributed by atoms with E-state index >= 15 is 0 Å². The molecule has 0 aromatic heterocycles. The molecule has 2 rings (SSSR count). The molecule has 3 N–H and O–H groups in total. The molecule has 7 nitrogen and oxygen atoms in total. The summed E-state index contributed by atoms with van der Waals surface area (Å²) in [4.78, 5) is 4.24. The van der Waals surface area contributed by atoms with Gasteiger partial charge in [-0.2, -0.15) is 0 Å². The molecular formula is C19H39IN4O3S. The van der Waals surface area contributed by atoms with Crippen LogP contribution in [0.15, 0.2) is 4.99 Å². The van der Waals surface area contributed by atoms with Crippen LogP contribution in [0, 0.1) is 5.92 Å². The Bertz CT molecular complexity index is 545. The van der Waals surface area contributed by atoms with Gasteiger partial charge in [-0.1, -0.05) is 19.8 Å². The molecule has 1 unspecified atom stereocenters. The monoisotopic (exact) mass is 530 g/mol. The van der Waals surface area contributed by atoms with E-state index in [-0.39, 0.29) is 35.8 Å². The molecule has 1 aliphatic heterocycles. The van der Waals surface area contributed by atoms with Crippen molar-refractivity contribution < 1.29 is 13.2 Å². The summed E-state index contributed by atoms with van der Waals surface area (Å²) >= 11 is 0. The van der Waals surface area contributed by atoms with E-state index in [1.165, 1.54) is 25.7 Å². The topological polar surface area (TPSA) is 91.8 Å². The van der Waals surface area contributed by atoms with Crippen LogP contribution >= 0.6 is 24.0 Å². The van der Waals surface area contributed by atoms with Gasteiger partial charge in [-0.3, -0.25) is 4.99 Å². The maximum absolute atomic E-state index is 12.2. The summed E-state index contributed by atoms with van der Waals surface area (Å²) in [6, 6.07) is 0.433. The Morgan fingerprint density at radius 1 is 1.14 bits per heavy atom. The van der Waals surface area contributed by atoms with E-state index < -0.39 is 10.0 Å².